The standard InChI is InChI=1S/C27H24F2O3S/c1-31-21-13-10-12-20(19-21)11-4-3-9-18-26(24-17-8-7-16-23(24)25(30)32-26)27(28,29)33-22-14-5-2-6-15-22/h2,4-8,10-17,19H,3,9,18H2,1H3/b11-4+. The number of hydrogen-bond acceptors (Lipinski definition) is 4. The number of hydrogen-bond donors (Lipinski definition) is 0. The molecule has 1 aliphatic heterocycles. The van der Waals surface area contributed by atoms with Gasteiger partial charge in [0.1, 0.15) is 5.75 Å². The summed E-state index contributed by atoms with van der Waals surface area (Å²) in [6, 6.07) is 22.5. The van der Waals surface area contributed by atoms with Crippen molar-refractivity contribution in [2.24, 2.45) is 0 Å². The highest BCUT2D eigenvalue weighted by Crippen LogP contribution is 2.56. The minimum atomic E-state index is -3.35. The van der Waals surface area contributed by atoms with Crippen LogP contribution in [0.15, 0.2) is 89.8 Å². The molecule has 6 heteroatoms. The number of fused-ring (bicyclic) bond motifs is 1. The predicted molar refractivity (Wildman–Crippen MR) is 127 cm³/mol. The van der Waals surface area contributed by atoms with Gasteiger partial charge in [-0.05, 0) is 66.9 Å². The van der Waals surface area contributed by atoms with E-state index in [1.807, 2.05) is 36.4 Å². The van der Waals surface area contributed by atoms with Crippen molar-refractivity contribution in [3.05, 3.63) is 102 Å². The first kappa shape index (κ1) is 23.1. The number of halogens is 2. The Morgan fingerprint density at radius 3 is 2.58 bits per heavy atom. The third-order valence-electron chi connectivity index (χ3n) is 5.61. The summed E-state index contributed by atoms with van der Waals surface area (Å²) in [5.41, 5.74) is -0.602. The van der Waals surface area contributed by atoms with Crippen LogP contribution in [0.4, 0.5) is 8.78 Å². The van der Waals surface area contributed by atoms with Crippen LogP contribution in [0.1, 0.15) is 40.7 Å². The summed E-state index contributed by atoms with van der Waals surface area (Å²) in [7, 11) is 1.61. The molecule has 3 aromatic carbocycles. The molecular formula is C27H24F2O3S. The fraction of sp³-hybridized carbons (Fsp3) is 0.222. The molecule has 1 atom stereocenters. The Morgan fingerprint density at radius 1 is 1.03 bits per heavy atom. The van der Waals surface area contributed by atoms with Crippen molar-refractivity contribution in [3.8, 4) is 5.75 Å². The first-order valence-corrected chi connectivity index (χ1v) is 11.5. The lowest BCUT2D eigenvalue weighted by atomic mass is 9.87. The third-order valence-corrected chi connectivity index (χ3v) is 6.71. The van der Waals surface area contributed by atoms with Crippen molar-refractivity contribution in [3.63, 3.8) is 0 Å². The van der Waals surface area contributed by atoms with Crippen LogP contribution in [-0.4, -0.2) is 18.3 Å². The molecule has 170 valence electrons. The number of methoxy groups -OCH3 is 1. The van der Waals surface area contributed by atoms with Gasteiger partial charge in [-0.25, -0.2) is 4.79 Å². The minimum Gasteiger partial charge on any atom is -0.497 e. The van der Waals surface area contributed by atoms with Crippen LogP contribution in [-0.2, 0) is 10.3 Å². The van der Waals surface area contributed by atoms with E-state index in [1.54, 1.807) is 61.7 Å². The molecule has 0 bridgehead atoms. The average molecular weight is 467 g/mol. The normalized spacial score (nSPS) is 17.7. The van der Waals surface area contributed by atoms with E-state index >= 15 is 8.78 Å². The lowest BCUT2D eigenvalue weighted by Gasteiger charge is -2.36. The molecule has 0 fully saturated rings. The number of alkyl halides is 2. The van der Waals surface area contributed by atoms with Gasteiger partial charge in [0.25, 0.3) is 0 Å². The molecule has 0 aliphatic carbocycles. The largest absolute Gasteiger partial charge is 0.497 e. The molecule has 0 saturated heterocycles. The smallest absolute Gasteiger partial charge is 0.341 e. The Morgan fingerprint density at radius 2 is 1.79 bits per heavy atom. The van der Waals surface area contributed by atoms with Gasteiger partial charge in [0.2, 0.25) is 5.60 Å². The molecule has 0 N–H and O–H groups in total. The first-order chi connectivity index (χ1) is 15.9. The highest BCUT2D eigenvalue weighted by Gasteiger charge is 2.62. The molecule has 0 radical (unpaired) electrons. The van der Waals surface area contributed by atoms with Crippen LogP contribution in [0.3, 0.4) is 0 Å². The summed E-state index contributed by atoms with van der Waals surface area (Å²) in [6.45, 7) is 0. The highest BCUT2D eigenvalue weighted by molar-refractivity contribution is 8.00. The van der Waals surface area contributed by atoms with Gasteiger partial charge in [0, 0.05) is 10.5 Å². The zero-order valence-electron chi connectivity index (χ0n) is 18.2. The van der Waals surface area contributed by atoms with Gasteiger partial charge in [-0.3, -0.25) is 0 Å². The number of ether oxygens (including phenoxy) is 2. The monoisotopic (exact) mass is 466 g/mol. The lowest BCUT2D eigenvalue weighted by Crippen LogP contribution is -2.43. The molecular weight excluding hydrogens is 442 g/mol. The molecule has 33 heavy (non-hydrogen) atoms. The van der Waals surface area contributed by atoms with Crippen LogP contribution in [0.25, 0.3) is 6.08 Å². The Labute approximate surface area is 196 Å². The Balaban J connectivity index is 1.55. The highest BCUT2D eigenvalue weighted by atomic mass is 32.2. The van der Waals surface area contributed by atoms with Crippen molar-refractivity contribution in [2.75, 3.05) is 7.11 Å². The summed E-state index contributed by atoms with van der Waals surface area (Å²) in [5.74, 6) is 0.0500. The average Bonchev–Trinajstić information content (AvgIpc) is 3.13. The van der Waals surface area contributed by atoms with E-state index < -0.39 is 16.8 Å². The number of rotatable bonds is 9. The Kier molecular flexibility index (Phi) is 6.84. The second-order valence-corrected chi connectivity index (χ2v) is 8.95. The molecule has 3 nitrogen and oxygen atoms in total. The zero-order chi connectivity index (χ0) is 23.3. The van der Waals surface area contributed by atoms with Crippen molar-refractivity contribution in [1.29, 1.82) is 0 Å². The topological polar surface area (TPSA) is 35.5 Å². The number of unbranched alkanes of at least 4 members (excludes halogenated alkanes) is 1. The fourth-order valence-electron chi connectivity index (χ4n) is 3.98. The summed E-state index contributed by atoms with van der Waals surface area (Å²) < 4.78 is 42.4. The molecule has 0 saturated carbocycles. The van der Waals surface area contributed by atoms with Crippen molar-refractivity contribution >= 4 is 23.8 Å². The molecule has 1 aliphatic rings. The summed E-state index contributed by atoms with van der Waals surface area (Å²) in [5, 5.41) is -3.35. The molecule has 1 heterocycles. The second kappa shape index (κ2) is 9.79. The molecule has 0 aromatic heterocycles. The number of allylic oxidation sites excluding steroid dienone is 1. The van der Waals surface area contributed by atoms with Crippen LogP contribution in [0, 0.1) is 0 Å². The quantitative estimate of drug-likeness (QED) is 0.188. The van der Waals surface area contributed by atoms with Gasteiger partial charge < -0.3 is 9.47 Å². The van der Waals surface area contributed by atoms with Gasteiger partial charge in [-0.1, -0.05) is 60.7 Å². The van der Waals surface area contributed by atoms with Crippen LogP contribution < -0.4 is 4.74 Å². The van der Waals surface area contributed by atoms with E-state index in [2.05, 4.69) is 0 Å². The number of esters is 1. The van der Waals surface area contributed by atoms with E-state index in [-0.39, 0.29) is 17.5 Å². The Hall–Kier alpha value is -3.12. The van der Waals surface area contributed by atoms with Gasteiger partial charge >= 0.3 is 11.2 Å². The van der Waals surface area contributed by atoms with E-state index in [4.69, 9.17) is 9.47 Å². The first-order valence-electron chi connectivity index (χ1n) is 10.7. The molecule has 3 aromatic rings. The van der Waals surface area contributed by atoms with Gasteiger partial charge in [-0.2, -0.15) is 8.78 Å². The molecule has 4 rings (SSSR count). The van der Waals surface area contributed by atoms with E-state index in [0.29, 0.717) is 29.5 Å². The summed E-state index contributed by atoms with van der Waals surface area (Å²) in [4.78, 5) is 12.9. The van der Waals surface area contributed by atoms with Gasteiger partial charge in [0.05, 0.1) is 12.7 Å². The SMILES string of the molecule is COc1cccc(/C=C/CCCC2(C(F)(F)Sc3ccccc3)OC(=O)c3ccccc32)c1. The van der Waals surface area contributed by atoms with Gasteiger partial charge in [-0.15, -0.1) is 0 Å². The van der Waals surface area contributed by atoms with E-state index in [1.165, 1.54) is 0 Å². The van der Waals surface area contributed by atoms with Crippen LogP contribution in [0.2, 0.25) is 0 Å². The number of benzene rings is 3. The predicted octanol–water partition coefficient (Wildman–Crippen LogP) is 7.33. The van der Waals surface area contributed by atoms with E-state index in [9.17, 15) is 4.79 Å². The summed E-state index contributed by atoms with van der Waals surface area (Å²) in [6.07, 6.45) is 4.86. The van der Waals surface area contributed by atoms with Crippen LogP contribution >= 0.6 is 11.8 Å². The number of carbonyl (C=O) groups is 1. The van der Waals surface area contributed by atoms with Crippen molar-refractivity contribution in [2.45, 2.75) is 35.0 Å². The third kappa shape index (κ3) is 4.81. The fourth-order valence-corrected chi connectivity index (χ4v) is 4.99. The maximum Gasteiger partial charge on any atom is 0.341 e. The number of carbonyl (C=O) groups excluding carboxylic acids is 1. The van der Waals surface area contributed by atoms with Crippen LogP contribution in [0.5, 0.6) is 5.75 Å². The maximum absolute atomic E-state index is 15.8. The lowest BCUT2D eigenvalue weighted by molar-refractivity contribution is -0.130. The van der Waals surface area contributed by atoms with Gasteiger partial charge in [0.15, 0.2) is 0 Å². The molecule has 0 amide bonds. The Bertz CT molecular complexity index is 1150. The zero-order valence-corrected chi connectivity index (χ0v) is 19.0. The number of thioether (sulfide) groups is 1. The van der Waals surface area contributed by atoms with Crippen molar-refractivity contribution < 1.29 is 23.0 Å². The molecule has 1 unspecified atom stereocenters. The summed E-state index contributed by atoms with van der Waals surface area (Å²) >= 11 is 0.430. The minimum absolute atomic E-state index is 0.00500. The second-order valence-electron chi connectivity index (χ2n) is 7.77. The maximum atomic E-state index is 15.8. The van der Waals surface area contributed by atoms with E-state index in [0.717, 1.165) is 11.3 Å². The van der Waals surface area contributed by atoms with Crippen molar-refractivity contribution in [1.82, 2.24) is 0 Å². The number of cyclic esters (lactones) is 1. The molecule has 0 spiro atoms.